The largest absolute Gasteiger partial charge is 0.506 e. The highest BCUT2D eigenvalue weighted by molar-refractivity contribution is 6.32. The Morgan fingerprint density at radius 1 is 1.33 bits per heavy atom. The van der Waals surface area contributed by atoms with E-state index in [0.717, 1.165) is 13.1 Å². The van der Waals surface area contributed by atoms with Crippen molar-refractivity contribution < 1.29 is 9.90 Å². The Bertz CT molecular complexity index is 451. The van der Waals surface area contributed by atoms with E-state index < -0.39 is 0 Å². The molecule has 0 aromatic heterocycles. The third kappa shape index (κ3) is 2.78. The van der Waals surface area contributed by atoms with Crippen molar-refractivity contribution in [2.24, 2.45) is 11.8 Å². The van der Waals surface area contributed by atoms with Crippen molar-refractivity contribution in [1.82, 2.24) is 4.90 Å². The Morgan fingerprint density at radius 2 is 1.94 bits per heavy atom. The van der Waals surface area contributed by atoms with E-state index in [4.69, 9.17) is 11.6 Å². The zero-order valence-electron chi connectivity index (χ0n) is 10.7. The minimum Gasteiger partial charge on any atom is -0.506 e. The van der Waals surface area contributed by atoms with E-state index in [9.17, 15) is 9.90 Å². The molecule has 1 aromatic rings. The summed E-state index contributed by atoms with van der Waals surface area (Å²) in [7, 11) is 0. The molecule has 2 rings (SSSR count). The monoisotopic (exact) mass is 267 g/mol. The summed E-state index contributed by atoms with van der Waals surface area (Å²) in [5.74, 6) is 1.07. The van der Waals surface area contributed by atoms with E-state index in [1.54, 1.807) is 6.07 Å². The van der Waals surface area contributed by atoms with Gasteiger partial charge in [0.15, 0.2) is 0 Å². The first kappa shape index (κ1) is 13.2. The van der Waals surface area contributed by atoms with Gasteiger partial charge in [0, 0.05) is 18.7 Å². The molecule has 18 heavy (non-hydrogen) atoms. The van der Waals surface area contributed by atoms with E-state index in [0.29, 0.717) is 17.4 Å². The Balaban J connectivity index is 2.17. The molecule has 0 aliphatic carbocycles. The van der Waals surface area contributed by atoms with Crippen molar-refractivity contribution in [2.45, 2.75) is 20.3 Å². The zero-order valence-corrected chi connectivity index (χ0v) is 11.4. The lowest BCUT2D eigenvalue weighted by Crippen LogP contribution is -2.42. The van der Waals surface area contributed by atoms with Crippen LogP contribution in [0.15, 0.2) is 18.2 Å². The summed E-state index contributed by atoms with van der Waals surface area (Å²) in [4.78, 5) is 14.2. The number of carbonyl (C=O) groups excluding carboxylic acids is 1. The predicted octanol–water partition coefficient (Wildman–Crippen LogP) is 3.16. The third-order valence-electron chi connectivity index (χ3n) is 3.35. The molecule has 98 valence electrons. The van der Waals surface area contributed by atoms with Crippen molar-refractivity contribution in [3.63, 3.8) is 0 Å². The van der Waals surface area contributed by atoms with Gasteiger partial charge in [-0.15, -0.1) is 0 Å². The van der Waals surface area contributed by atoms with Crippen molar-refractivity contribution in [3.05, 3.63) is 28.8 Å². The lowest BCUT2D eigenvalue weighted by Gasteiger charge is -2.35. The van der Waals surface area contributed by atoms with Crippen LogP contribution in [-0.2, 0) is 0 Å². The van der Waals surface area contributed by atoms with Crippen LogP contribution in [0.4, 0.5) is 0 Å². The summed E-state index contributed by atoms with van der Waals surface area (Å²) < 4.78 is 0. The molecule has 1 saturated heterocycles. The molecule has 1 amide bonds. The number of rotatable bonds is 1. The Hall–Kier alpha value is -1.22. The number of nitrogens with zero attached hydrogens (tertiary/aromatic N) is 1. The first-order valence-electron chi connectivity index (χ1n) is 6.25. The highest BCUT2D eigenvalue weighted by Crippen LogP contribution is 2.26. The number of piperidine rings is 1. The molecule has 0 bridgehead atoms. The molecule has 1 N–H and O–H groups in total. The molecular formula is C14H18ClNO2. The van der Waals surface area contributed by atoms with E-state index in [-0.39, 0.29) is 16.7 Å². The average molecular weight is 268 g/mol. The maximum Gasteiger partial charge on any atom is 0.253 e. The van der Waals surface area contributed by atoms with Gasteiger partial charge in [0.05, 0.1) is 5.02 Å². The van der Waals surface area contributed by atoms with E-state index in [1.807, 2.05) is 4.90 Å². The van der Waals surface area contributed by atoms with Gasteiger partial charge in [-0.05, 0) is 36.5 Å². The number of amides is 1. The summed E-state index contributed by atoms with van der Waals surface area (Å²) >= 11 is 5.83. The first-order valence-corrected chi connectivity index (χ1v) is 6.63. The summed E-state index contributed by atoms with van der Waals surface area (Å²) in [6.07, 6.45) is 1.17. The number of hydrogen-bond acceptors (Lipinski definition) is 2. The van der Waals surface area contributed by atoms with Gasteiger partial charge in [-0.25, -0.2) is 0 Å². The maximum absolute atomic E-state index is 12.3. The van der Waals surface area contributed by atoms with Crippen molar-refractivity contribution >= 4 is 17.5 Å². The normalized spacial score (nSPS) is 24.1. The van der Waals surface area contributed by atoms with Crippen LogP contribution in [-0.4, -0.2) is 29.0 Å². The highest BCUT2D eigenvalue weighted by Gasteiger charge is 2.26. The summed E-state index contributed by atoms with van der Waals surface area (Å²) in [6, 6.07) is 4.61. The molecule has 0 unspecified atom stereocenters. The van der Waals surface area contributed by atoms with Crippen LogP contribution >= 0.6 is 11.6 Å². The van der Waals surface area contributed by atoms with E-state index in [1.165, 1.54) is 18.6 Å². The fourth-order valence-electron chi connectivity index (χ4n) is 2.65. The van der Waals surface area contributed by atoms with Gasteiger partial charge in [0.2, 0.25) is 0 Å². The zero-order chi connectivity index (χ0) is 13.3. The summed E-state index contributed by atoms with van der Waals surface area (Å²) in [6.45, 7) is 5.92. The van der Waals surface area contributed by atoms with Gasteiger partial charge in [0.25, 0.3) is 5.91 Å². The number of likely N-dealkylation sites (tertiary alicyclic amines) is 1. The van der Waals surface area contributed by atoms with Crippen LogP contribution < -0.4 is 0 Å². The van der Waals surface area contributed by atoms with Crippen molar-refractivity contribution in [3.8, 4) is 5.75 Å². The number of benzene rings is 1. The Morgan fingerprint density at radius 3 is 2.50 bits per heavy atom. The Kier molecular flexibility index (Phi) is 3.81. The van der Waals surface area contributed by atoms with Crippen LogP contribution in [0, 0.1) is 11.8 Å². The van der Waals surface area contributed by atoms with Gasteiger partial charge in [-0.2, -0.15) is 0 Å². The molecule has 1 aromatic carbocycles. The first-order chi connectivity index (χ1) is 8.47. The van der Waals surface area contributed by atoms with Crippen LogP contribution in [0.1, 0.15) is 30.6 Å². The quantitative estimate of drug-likeness (QED) is 0.849. The van der Waals surface area contributed by atoms with Gasteiger partial charge in [-0.1, -0.05) is 25.4 Å². The van der Waals surface area contributed by atoms with Gasteiger partial charge < -0.3 is 10.0 Å². The molecule has 2 atom stereocenters. The summed E-state index contributed by atoms with van der Waals surface area (Å²) in [5.41, 5.74) is 0.541. The topological polar surface area (TPSA) is 40.5 Å². The number of phenolic OH excluding ortho intramolecular Hbond substituents is 1. The lowest BCUT2D eigenvalue weighted by molar-refractivity contribution is 0.0623. The summed E-state index contributed by atoms with van der Waals surface area (Å²) in [5, 5.41) is 9.58. The van der Waals surface area contributed by atoms with Crippen molar-refractivity contribution in [1.29, 1.82) is 0 Å². The van der Waals surface area contributed by atoms with Crippen LogP contribution in [0.5, 0.6) is 5.75 Å². The minimum atomic E-state index is -0.00435. The number of phenols is 1. The second kappa shape index (κ2) is 5.19. The Labute approximate surface area is 112 Å². The molecular weight excluding hydrogens is 250 g/mol. The fourth-order valence-corrected chi connectivity index (χ4v) is 2.83. The lowest BCUT2D eigenvalue weighted by atomic mass is 9.91. The minimum absolute atomic E-state index is 0.00435. The molecule has 1 aliphatic rings. The SMILES string of the molecule is C[C@@H]1C[C@H](C)CN(C(=O)c2ccc(O)c(Cl)c2)C1. The second-order valence-corrected chi connectivity index (χ2v) is 5.73. The molecule has 1 heterocycles. The van der Waals surface area contributed by atoms with Crippen molar-refractivity contribution in [2.75, 3.05) is 13.1 Å². The predicted molar refractivity (Wildman–Crippen MR) is 72.0 cm³/mol. The number of hydrogen-bond donors (Lipinski definition) is 1. The molecule has 3 nitrogen and oxygen atoms in total. The molecule has 0 spiro atoms. The standard InChI is InChI=1S/C14H18ClNO2/c1-9-5-10(2)8-16(7-9)14(18)11-3-4-13(17)12(15)6-11/h3-4,6,9-10,17H,5,7-8H2,1-2H3/t9-,10+. The second-order valence-electron chi connectivity index (χ2n) is 5.32. The van der Waals surface area contributed by atoms with Crippen LogP contribution in [0.3, 0.4) is 0 Å². The van der Waals surface area contributed by atoms with Crippen LogP contribution in [0.25, 0.3) is 0 Å². The van der Waals surface area contributed by atoms with Gasteiger partial charge in [0.1, 0.15) is 5.75 Å². The fraction of sp³-hybridized carbons (Fsp3) is 0.500. The van der Waals surface area contributed by atoms with E-state index in [2.05, 4.69) is 13.8 Å². The molecule has 0 saturated carbocycles. The molecule has 1 fully saturated rings. The van der Waals surface area contributed by atoms with Crippen LogP contribution in [0.2, 0.25) is 5.02 Å². The molecule has 0 radical (unpaired) electrons. The van der Waals surface area contributed by atoms with Gasteiger partial charge >= 0.3 is 0 Å². The molecule has 1 aliphatic heterocycles. The number of aromatic hydroxyl groups is 1. The van der Waals surface area contributed by atoms with E-state index >= 15 is 0 Å². The molecule has 4 heteroatoms. The average Bonchev–Trinajstić information content (AvgIpc) is 2.30. The highest BCUT2D eigenvalue weighted by atomic mass is 35.5. The number of carbonyl (C=O) groups is 1. The van der Waals surface area contributed by atoms with Gasteiger partial charge in [-0.3, -0.25) is 4.79 Å². The number of halogens is 1. The third-order valence-corrected chi connectivity index (χ3v) is 3.65. The smallest absolute Gasteiger partial charge is 0.253 e. The maximum atomic E-state index is 12.3.